The average molecular weight is 508 g/mol. The molecule has 33 heavy (non-hydrogen) atoms. The SMILES string of the molecule is CC1(C)CCCN(C(=O)c2cccc3nc4c(nc23)CCCC4)C1CNc1ccc(Br)cn1. The summed E-state index contributed by atoms with van der Waals surface area (Å²) in [6.45, 7) is 5.91. The van der Waals surface area contributed by atoms with Crippen molar-refractivity contribution in [3.8, 4) is 0 Å². The molecule has 2 aromatic heterocycles. The molecule has 5 rings (SSSR count). The fourth-order valence-corrected chi connectivity index (χ4v) is 5.46. The molecule has 1 aromatic carbocycles. The van der Waals surface area contributed by atoms with Crippen LogP contribution in [0.2, 0.25) is 0 Å². The predicted octanol–water partition coefficient (Wildman–Crippen LogP) is 5.41. The molecule has 3 aromatic rings. The molecular weight excluding hydrogens is 478 g/mol. The van der Waals surface area contributed by atoms with Gasteiger partial charge in [-0.15, -0.1) is 0 Å². The maximum absolute atomic E-state index is 13.9. The minimum atomic E-state index is -0.00823. The Balaban J connectivity index is 1.46. The van der Waals surface area contributed by atoms with Crippen LogP contribution < -0.4 is 5.32 Å². The van der Waals surface area contributed by atoms with Crippen LogP contribution >= 0.6 is 15.9 Å². The van der Waals surface area contributed by atoms with E-state index in [-0.39, 0.29) is 17.4 Å². The lowest BCUT2D eigenvalue weighted by molar-refractivity contribution is 0.0321. The van der Waals surface area contributed by atoms with Crippen molar-refractivity contribution in [2.45, 2.75) is 58.4 Å². The second-order valence-electron chi connectivity index (χ2n) is 9.85. The summed E-state index contributed by atoms with van der Waals surface area (Å²) in [6.07, 6.45) is 8.10. The van der Waals surface area contributed by atoms with Crippen molar-refractivity contribution < 1.29 is 4.79 Å². The first-order valence-electron chi connectivity index (χ1n) is 11.9. The lowest BCUT2D eigenvalue weighted by atomic mass is 9.76. The van der Waals surface area contributed by atoms with Gasteiger partial charge in [0.2, 0.25) is 0 Å². The number of para-hydroxylation sites is 1. The third-order valence-corrected chi connectivity index (χ3v) is 7.59. The molecular formula is C26H30BrN5O. The van der Waals surface area contributed by atoms with Gasteiger partial charge in [0.1, 0.15) is 11.3 Å². The number of carbonyl (C=O) groups is 1. The third-order valence-electron chi connectivity index (χ3n) is 7.12. The number of pyridine rings is 1. The normalized spacial score (nSPS) is 19.8. The van der Waals surface area contributed by atoms with E-state index in [0.29, 0.717) is 12.1 Å². The van der Waals surface area contributed by atoms with E-state index in [0.717, 1.165) is 77.8 Å². The highest BCUT2D eigenvalue weighted by atomic mass is 79.9. The van der Waals surface area contributed by atoms with Crippen molar-refractivity contribution in [2.75, 3.05) is 18.4 Å². The van der Waals surface area contributed by atoms with Crippen LogP contribution in [-0.4, -0.2) is 44.9 Å². The van der Waals surface area contributed by atoms with E-state index in [1.807, 2.05) is 35.2 Å². The van der Waals surface area contributed by atoms with Gasteiger partial charge < -0.3 is 10.2 Å². The molecule has 1 aliphatic carbocycles. The Morgan fingerprint density at radius 3 is 2.67 bits per heavy atom. The molecule has 1 aliphatic heterocycles. The molecule has 7 heteroatoms. The Kier molecular flexibility index (Phi) is 6.08. The van der Waals surface area contributed by atoms with Gasteiger partial charge in [-0.25, -0.2) is 15.0 Å². The van der Waals surface area contributed by atoms with Crippen molar-refractivity contribution in [3.05, 3.63) is 58.0 Å². The van der Waals surface area contributed by atoms with Gasteiger partial charge >= 0.3 is 0 Å². The number of carbonyl (C=O) groups excluding carboxylic acids is 1. The number of halogens is 1. The molecule has 1 saturated heterocycles. The number of rotatable bonds is 4. The predicted molar refractivity (Wildman–Crippen MR) is 134 cm³/mol. The third kappa shape index (κ3) is 4.47. The molecule has 6 nitrogen and oxygen atoms in total. The van der Waals surface area contributed by atoms with E-state index < -0.39 is 0 Å². The summed E-state index contributed by atoms with van der Waals surface area (Å²) in [5.74, 6) is 0.864. The molecule has 0 radical (unpaired) electrons. The molecule has 1 fully saturated rings. The monoisotopic (exact) mass is 507 g/mol. The number of piperidine rings is 1. The van der Waals surface area contributed by atoms with Crippen LogP contribution in [0.15, 0.2) is 41.0 Å². The number of hydrogen-bond acceptors (Lipinski definition) is 5. The number of aryl methyl sites for hydroxylation is 2. The number of aromatic nitrogens is 3. The van der Waals surface area contributed by atoms with E-state index in [2.05, 4.69) is 40.1 Å². The lowest BCUT2D eigenvalue weighted by Crippen LogP contribution is -2.55. The number of anilines is 1. The zero-order valence-electron chi connectivity index (χ0n) is 19.3. The number of benzene rings is 1. The highest BCUT2D eigenvalue weighted by Crippen LogP contribution is 2.36. The highest BCUT2D eigenvalue weighted by Gasteiger charge is 2.40. The van der Waals surface area contributed by atoms with Crippen LogP contribution in [0.4, 0.5) is 5.82 Å². The van der Waals surface area contributed by atoms with Crippen LogP contribution in [0, 0.1) is 5.41 Å². The zero-order chi connectivity index (χ0) is 23.0. The van der Waals surface area contributed by atoms with Crippen LogP contribution in [-0.2, 0) is 12.8 Å². The topological polar surface area (TPSA) is 71.0 Å². The number of nitrogens with one attached hydrogen (secondary N) is 1. The summed E-state index contributed by atoms with van der Waals surface area (Å²) in [5, 5.41) is 3.46. The Bertz CT molecular complexity index is 1180. The number of nitrogens with zero attached hydrogens (tertiary/aromatic N) is 4. The molecule has 3 heterocycles. The van der Waals surface area contributed by atoms with Crippen molar-refractivity contribution >= 4 is 38.7 Å². The standard InChI is InChI=1S/C26H30BrN5O/c1-26(2)13-6-14-32(22(26)16-29-23-12-11-17(27)15-28-23)25(33)18-7-5-10-21-24(18)31-20-9-4-3-8-19(20)30-21/h5,7,10-12,15,22H,3-4,6,8-9,13-14,16H2,1-2H3,(H,28,29). The van der Waals surface area contributed by atoms with Gasteiger partial charge in [0, 0.05) is 23.8 Å². The minimum Gasteiger partial charge on any atom is -0.368 e. The molecule has 1 atom stereocenters. The number of amides is 1. The van der Waals surface area contributed by atoms with E-state index in [1.54, 1.807) is 6.20 Å². The lowest BCUT2D eigenvalue weighted by Gasteiger charge is -2.46. The van der Waals surface area contributed by atoms with Gasteiger partial charge in [-0.1, -0.05) is 19.9 Å². The number of fused-ring (bicyclic) bond motifs is 2. The van der Waals surface area contributed by atoms with Gasteiger partial charge in [-0.2, -0.15) is 0 Å². The fourth-order valence-electron chi connectivity index (χ4n) is 5.22. The highest BCUT2D eigenvalue weighted by molar-refractivity contribution is 9.10. The van der Waals surface area contributed by atoms with Gasteiger partial charge in [0.05, 0.1) is 28.5 Å². The molecule has 2 aliphatic rings. The summed E-state index contributed by atoms with van der Waals surface area (Å²) in [4.78, 5) is 30.3. The van der Waals surface area contributed by atoms with Gasteiger partial charge in [-0.05, 0) is 84.1 Å². The van der Waals surface area contributed by atoms with E-state index in [1.165, 1.54) is 0 Å². The Hall–Kier alpha value is -2.54. The molecule has 0 spiro atoms. The first-order chi connectivity index (χ1) is 15.9. The largest absolute Gasteiger partial charge is 0.368 e. The summed E-state index contributed by atoms with van der Waals surface area (Å²) in [5.41, 5.74) is 4.39. The molecule has 1 unspecified atom stereocenters. The minimum absolute atomic E-state index is 0.00823. The number of hydrogen-bond donors (Lipinski definition) is 1. The summed E-state index contributed by atoms with van der Waals surface area (Å²) in [6, 6.07) is 9.80. The summed E-state index contributed by atoms with van der Waals surface area (Å²) in [7, 11) is 0. The smallest absolute Gasteiger partial charge is 0.256 e. The average Bonchev–Trinajstić information content (AvgIpc) is 2.81. The second kappa shape index (κ2) is 9.01. The molecule has 1 N–H and O–H groups in total. The molecule has 1 amide bonds. The number of likely N-dealkylation sites (tertiary alicyclic amines) is 1. The fraction of sp³-hybridized carbons (Fsp3) is 0.462. The Morgan fingerprint density at radius 2 is 1.91 bits per heavy atom. The van der Waals surface area contributed by atoms with E-state index in [4.69, 9.17) is 9.97 Å². The quantitative estimate of drug-likeness (QED) is 0.511. The Morgan fingerprint density at radius 1 is 1.12 bits per heavy atom. The van der Waals surface area contributed by atoms with Crippen LogP contribution in [0.1, 0.15) is 61.3 Å². The first kappa shape index (κ1) is 22.3. The van der Waals surface area contributed by atoms with Crippen LogP contribution in [0.5, 0.6) is 0 Å². The van der Waals surface area contributed by atoms with Crippen molar-refractivity contribution in [3.63, 3.8) is 0 Å². The van der Waals surface area contributed by atoms with E-state index >= 15 is 0 Å². The van der Waals surface area contributed by atoms with Gasteiger partial charge in [-0.3, -0.25) is 4.79 Å². The first-order valence-corrected chi connectivity index (χ1v) is 12.7. The van der Waals surface area contributed by atoms with E-state index in [9.17, 15) is 4.79 Å². The van der Waals surface area contributed by atoms with Crippen molar-refractivity contribution in [1.29, 1.82) is 0 Å². The summed E-state index contributed by atoms with van der Waals surface area (Å²) < 4.78 is 0.946. The Labute approximate surface area is 203 Å². The van der Waals surface area contributed by atoms with Gasteiger partial charge in [0.25, 0.3) is 5.91 Å². The molecule has 0 saturated carbocycles. The maximum Gasteiger partial charge on any atom is 0.256 e. The van der Waals surface area contributed by atoms with Crippen LogP contribution in [0.3, 0.4) is 0 Å². The zero-order valence-corrected chi connectivity index (χ0v) is 20.9. The summed E-state index contributed by atoms with van der Waals surface area (Å²) >= 11 is 3.43. The molecule has 172 valence electrons. The van der Waals surface area contributed by atoms with Crippen molar-refractivity contribution in [2.24, 2.45) is 5.41 Å². The van der Waals surface area contributed by atoms with Crippen LogP contribution in [0.25, 0.3) is 11.0 Å². The second-order valence-corrected chi connectivity index (χ2v) is 10.8. The maximum atomic E-state index is 13.9. The van der Waals surface area contributed by atoms with Gasteiger partial charge in [0.15, 0.2) is 0 Å². The van der Waals surface area contributed by atoms with Crippen molar-refractivity contribution in [1.82, 2.24) is 19.9 Å². The molecule has 0 bridgehead atoms.